The highest BCUT2D eigenvalue weighted by Crippen LogP contribution is 2.16. The van der Waals surface area contributed by atoms with Crippen LogP contribution in [0.4, 0.5) is 26.2 Å². The van der Waals surface area contributed by atoms with Crippen LogP contribution in [0, 0.1) is 11.6 Å². The SMILES string of the molecule is O=C(Cn1cc(Nc2nccc(NCc3c(F)cccc3F)n2)cn1)N1CCOCC1. The Hall–Kier alpha value is -3.60. The molecular formula is C20H21F2N7O2. The van der Waals surface area contributed by atoms with Gasteiger partial charge in [-0.3, -0.25) is 9.48 Å². The molecule has 2 N–H and O–H groups in total. The Morgan fingerprint density at radius 3 is 2.71 bits per heavy atom. The van der Waals surface area contributed by atoms with Crippen LogP contribution in [-0.4, -0.2) is 56.9 Å². The molecule has 1 aromatic carbocycles. The summed E-state index contributed by atoms with van der Waals surface area (Å²) in [6.07, 6.45) is 4.75. The number of hydrogen-bond acceptors (Lipinski definition) is 7. The van der Waals surface area contributed by atoms with Crippen LogP contribution in [0.5, 0.6) is 0 Å². The summed E-state index contributed by atoms with van der Waals surface area (Å²) >= 11 is 0. The van der Waals surface area contributed by atoms with Crippen molar-refractivity contribution in [1.29, 1.82) is 0 Å². The minimum atomic E-state index is -0.626. The number of hydrogen-bond donors (Lipinski definition) is 2. The van der Waals surface area contributed by atoms with Gasteiger partial charge in [0.25, 0.3) is 0 Å². The predicted molar refractivity (Wildman–Crippen MR) is 109 cm³/mol. The van der Waals surface area contributed by atoms with E-state index in [1.165, 1.54) is 29.1 Å². The summed E-state index contributed by atoms with van der Waals surface area (Å²) in [5.74, 6) is -0.605. The third kappa shape index (κ3) is 5.31. The number of halogens is 2. The van der Waals surface area contributed by atoms with Crippen LogP contribution in [0.1, 0.15) is 5.56 Å². The second kappa shape index (κ2) is 9.47. The average Bonchev–Trinajstić information content (AvgIpc) is 3.21. The molecule has 3 heterocycles. The first-order chi connectivity index (χ1) is 15.1. The molecule has 1 saturated heterocycles. The van der Waals surface area contributed by atoms with Crippen molar-refractivity contribution < 1.29 is 18.3 Å². The molecule has 9 nitrogen and oxygen atoms in total. The Morgan fingerprint density at radius 1 is 1.16 bits per heavy atom. The summed E-state index contributed by atoms with van der Waals surface area (Å²) in [6.45, 7) is 2.31. The second-order valence-corrected chi connectivity index (χ2v) is 6.86. The van der Waals surface area contributed by atoms with E-state index in [4.69, 9.17) is 4.74 Å². The molecular weight excluding hydrogens is 408 g/mol. The fourth-order valence-electron chi connectivity index (χ4n) is 3.09. The Balaban J connectivity index is 1.35. The van der Waals surface area contributed by atoms with Crippen LogP contribution >= 0.6 is 0 Å². The number of carbonyl (C=O) groups excluding carboxylic acids is 1. The van der Waals surface area contributed by atoms with Crippen molar-refractivity contribution in [2.45, 2.75) is 13.1 Å². The molecule has 0 bridgehead atoms. The monoisotopic (exact) mass is 429 g/mol. The highest BCUT2D eigenvalue weighted by Gasteiger charge is 2.17. The van der Waals surface area contributed by atoms with Gasteiger partial charge in [0.15, 0.2) is 0 Å². The Morgan fingerprint density at radius 2 is 1.94 bits per heavy atom. The number of ether oxygens (including phenoxy) is 1. The minimum absolute atomic E-state index is 0.0271. The number of nitrogens with zero attached hydrogens (tertiary/aromatic N) is 5. The van der Waals surface area contributed by atoms with E-state index in [9.17, 15) is 13.6 Å². The Kier molecular flexibility index (Phi) is 6.32. The van der Waals surface area contributed by atoms with E-state index in [2.05, 4.69) is 25.7 Å². The van der Waals surface area contributed by atoms with E-state index in [-0.39, 0.29) is 30.5 Å². The van der Waals surface area contributed by atoms with Gasteiger partial charge in [0, 0.05) is 37.6 Å². The van der Waals surface area contributed by atoms with Crippen LogP contribution in [0.15, 0.2) is 42.9 Å². The first kappa shape index (κ1) is 20.7. The molecule has 1 fully saturated rings. The number of morpholine rings is 1. The lowest BCUT2D eigenvalue weighted by atomic mass is 10.2. The zero-order valence-electron chi connectivity index (χ0n) is 16.6. The molecule has 1 aliphatic rings. The highest BCUT2D eigenvalue weighted by molar-refractivity contribution is 5.76. The molecule has 1 amide bonds. The molecule has 11 heteroatoms. The normalized spacial score (nSPS) is 13.8. The van der Waals surface area contributed by atoms with Crippen molar-refractivity contribution in [2.24, 2.45) is 0 Å². The first-order valence-electron chi connectivity index (χ1n) is 9.73. The molecule has 1 aliphatic heterocycles. The van der Waals surface area contributed by atoms with Crippen molar-refractivity contribution in [1.82, 2.24) is 24.6 Å². The van der Waals surface area contributed by atoms with Gasteiger partial charge in [0.05, 0.1) is 25.1 Å². The standard InChI is InChI=1S/C20H21F2N7O2/c21-16-2-1-3-17(22)15(16)11-24-18-4-5-23-20(27-18)26-14-10-25-29(12-14)13-19(30)28-6-8-31-9-7-28/h1-5,10,12H,6-9,11,13H2,(H2,23,24,26,27). The summed E-state index contributed by atoms with van der Waals surface area (Å²) in [6, 6.07) is 5.31. The van der Waals surface area contributed by atoms with Gasteiger partial charge >= 0.3 is 0 Å². The quantitative estimate of drug-likeness (QED) is 0.594. The molecule has 0 radical (unpaired) electrons. The molecule has 3 aromatic rings. The van der Waals surface area contributed by atoms with Crippen molar-refractivity contribution in [3.05, 3.63) is 60.1 Å². The summed E-state index contributed by atoms with van der Waals surface area (Å²) in [5.41, 5.74) is 0.536. The number of nitrogens with one attached hydrogen (secondary N) is 2. The lowest BCUT2D eigenvalue weighted by Gasteiger charge is -2.26. The molecule has 0 atom stereocenters. The highest BCUT2D eigenvalue weighted by atomic mass is 19.1. The van der Waals surface area contributed by atoms with Crippen LogP contribution in [0.25, 0.3) is 0 Å². The lowest BCUT2D eigenvalue weighted by Crippen LogP contribution is -2.42. The number of amides is 1. The van der Waals surface area contributed by atoms with Gasteiger partial charge in [-0.1, -0.05) is 6.07 Å². The molecule has 4 rings (SSSR count). The molecule has 162 valence electrons. The molecule has 0 aliphatic carbocycles. The summed E-state index contributed by atoms with van der Waals surface area (Å²) in [7, 11) is 0. The zero-order chi connectivity index (χ0) is 21.6. The average molecular weight is 429 g/mol. The van der Waals surface area contributed by atoms with Crippen molar-refractivity contribution in [3.63, 3.8) is 0 Å². The molecule has 0 saturated carbocycles. The molecule has 0 unspecified atom stereocenters. The van der Waals surface area contributed by atoms with Gasteiger partial charge in [-0.2, -0.15) is 10.1 Å². The van der Waals surface area contributed by atoms with Gasteiger partial charge in [-0.15, -0.1) is 0 Å². The van der Waals surface area contributed by atoms with Crippen LogP contribution in [0.2, 0.25) is 0 Å². The van der Waals surface area contributed by atoms with E-state index in [0.717, 1.165) is 0 Å². The maximum absolute atomic E-state index is 13.8. The summed E-state index contributed by atoms with van der Waals surface area (Å²) in [5, 5.41) is 10.1. The Labute approximate surface area is 177 Å². The van der Waals surface area contributed by atoms with Gasteiger partial charge in [0.2, 0.25) is 11.9 Å². The summed E-state index contributed by atoms with van der Waals surface area (Å²) in [4.78, 5) is 22.5. The zero-order valence-corrected chi connectivity index (χ0v) is 16.6. The third-order valence-corrected chi connectivity index (χ3v) is 4.71. The Bertz CT molecular complexity index is 1030. The van der Waals surface area contributed by atoms with E-state index in [1.807, 2.05) is 0 Å². The van der Waals surface area contributed by atoms with Crippen LogP contribution in [0.3, 0.4) is 0 Å². The number of carbonyl (C=O) groups is 1. The second-order valence-electron chi connectivity index (χ2n) is 6.86. The van der Waals surface area contributed by atoms with Crippen LogP contribution < -0.4 is 10.6 Å². The van der Waals surface area contributed by atoms with Gasteiger partial charge < -0.3 is 20.3 Å². The van der Waals surface area contributed by atoms with Crippen molar-refractivity contribution in [2.75, 3.05) is 36.9 Å². The van der Waals surface area contributed by atoms with Crippen molar-refractivity contribution >= 4 is 23.4 Å². The number of aromatic nitrogens is 4. The van der Waals surface area contributed by atoms with E-state index in [1.54, 1.807) is 23.4 Å². The molecule has 0 spiro atoms. The number of rotatable bonds is 7. The molecule has 31 heavy (non-hydrogen) atoms. The van der Waals surface area contributed by atoms with Gasteiger partial charge in [-0.25, -0.2) is 13.8 Å². The summed E-state index contributed by atoms with van der Waals surface area (Å²) < 4.78 is 34.3. The topological polar surface area (TPSA) is 97.2 Å². The minimum Gasteiger partial charge on any atom is -0.378 e. The number of benzene rings is 1. The fourth-order valence-corrected chi connectivity index (χ4v) is 3.09. The van der Waals surface area contributed by atoms with E-state index in [0.29, 0.717) is 37.8 Å². The maximum Gasteiger partial charge on any atom is 0.244 e. The third-order valence-electron chi connectivity index (χ3n) is 4.71. The van der Waals surface area contributed by atoms with Crippen molar-refractivity contribution in [3.8, 4) is 0 Å². The largest absolute Gasteiger partial charge is 0.378 e. The predicted octanol–water partition coefficient (Wildman–Crippen LogP) is 2.17. The number of anilines is 3. The van der Waals surface area contributed by atoms with E-state index >= 15 is 0 Å². The fraction of sp³-hybridized carbons (Fsp3) is 0.300. The molecule has 2 aromatic heterocycles. The first-order valence-corrected chi connectivity index (χ1v) is 9.73. The smallest absolute Gasteiger partial charge is 0.244 e. The van der Waals surface area contributed by atoms with Gasteiger partial charge in [-0.05, 0) is 18.2 Å². The van der Waals surface area contributed by atoms with Crippen LogP contribution in [-0.2, 0) is 22.6 Å². The van der Waals surface area contributed by atoms with Gasteiger partial charge in [0.1, 0.15) is 24.0 Å². The van der Waals surface area contributed by atoms with E-state index < -0.39 is 11.6 Å². The maximum atomic E-state index is 13.8. The lowest BCUT2D eigenvalue weighted by molar-refractivity contribution is -0.136.